The molecule has 0 aromatic heterocycles. The zero-order valence-corrected chi connectivity index (χ0v) is 9.82. The number of rotatable bonds is 6. The van der Waals surface area contributed by atoms with Crippen LogP contribution in [0.15, 0.2) is 60.4 Å². The molecule has 1 aliphatic carbocycles. The van der Waals surface area contributed by atoms with Gasteiger partial charge in [-0.3, -0.25) is 0 Å². The van der Waals surface area contributed by atoms with Gasteiger partial charge < -0.3 is 20.9 Å². The molecule has 17 heavy (non-hydrogen) atoms. The van der Waals surface area contributed by atoms with Crippen LogP contribution in [0, 0.1) is 0 Å². The van der Waals surface area contributed by atoms with Crippen molar-refractivity contribution in [2.24, 2.45) is 11.5 Å². The van der Waals surface area contributed by atoms with Gasteiger partial charge in [0.2, 0.25) is 6.79 Å². The smallest absolute Gasteiger partial charge is 0.230 e. The maximum atomic E-state index is 5.63. The second kappa shape index (κ2) is 6.48. The molecule has 0 amide bonds. The van der Waals surface area contributed by atoms with Crippen molar-refractivity contribution >= 4 is 0 Å². The van der Waals surface area contributed by atoms with E-state index in [0.29, 0.717) is 11.5 Å². The largest absolute Gasteiger partial charge is 0.462 e. The van der Waals surface area contributed by atoms with E-state index in [4.69, 9.17) is 20.9 Å². The van der Waals surface area contributed by atoms with E-state index < -0.39 is 0 Å². The molecule has 0 heterocycles. The third-order valence-electron chi connectivity index (χ3n) is 2.12. The van der Waals surface area contributed by atoms with Crippen molar-refractivity contribution in [2.45, 2.75) is 12.8 Å². The number of hydrogen-bond donors (Lipinski definition) is 2. The first-order valence-electron chi connectivity index (χ1n) is 5.30. The van der Waals surface area contributed by atoms with Crippen LogP contribution in [0.25, 0.3) is 0 Å². The lowest BCUT2D eigenvalue weighted by Crippen LogP contribution is -2.05. The highest BCUT2D eigenvalue weighted by molar-refractivity contribution is 5.19. The van der Waals surface area contributed by atoms with Crippen LogP contribution in [0.1, 0.15) is 12.8 Å². The Kier molecular flexibility index (Phi) is 4.94. The summed E-state index contributed by atoms with van der Waals surface area (Å²) in [6, 6.07) is 0. The van der Waals surface area contributed by atoms with E-state index in [1.807, 2.05) is 12.2 Å². The number of nitrogens with two attached hydrogens (primary N) is 2. The first kappa shape index (κ1) is 13.0. The molecule has 4 heteroatoms. The molecule has 0 atom stereocenters. The Bertz CT molecular complexity index is 392. The summed E-state index contributed by atoms with van der Waals surface area (Å²) >= 11 is 0. The predicted molar refractivity (Wildman–Crippen MR) is 68.2 cm³/mol. The number of hydrogen-bond acceptors (Lipinski definition) is 4. The average molecular weight is 234 g/mol. The molecule has 92 valence electrons. The highest BCUT2D eigenvalue weighted by atomic mass is 16.7. The summed E-state index contributed by atoms with van der Waals surface area (Å²) in [4.78, 5) is 0. The molecule has 0 radical (unpaired) electrons. The van der Waals surface area contributed by atoms with Gasteiger partial charge in [0.25, 0.3) is 0 Å². The van der Waals surface area contributed by atoms with Crippen molar-refractivity contribution in [1.82, 2.24) is 0 Å². The van der Waals surface area contributed by atoms with Crippen LogP contribution in [0.5, 0.6) is 0 Å². The van der Waals surface area contributed by atoms with Gasteiger partial charge in [0.15, 0.2) is 0 Å². The Balaban J connectivity index is 2.24. The topological polar surface area (TPSA) is 70.5 Å². The fourth-order valence-electron chi connectivity index (χ4n) is 1.18. The molecule has 0 saturated carbocycles. The van der Waals surface area contributed by atoms with Gasteiger partial charge in [-0.05, 0) is 30.7 Å². The van der Waals surface area contributed by atoms with Gasteiger partial charge in [0.1, 0.15) is 11.5 Å². The van der Waals surface area contributed by atoms with Gasteiger partial charge in [0.05, 0.1) is 0 Å². The van der Waals surface area contributed by atoms with Crippen LogP contribution in [0.4, 0.5) is 0 Å². The molecule has 1 rings (SSSR count). The second-order valence-corrected chi connectivity index (χ2v) is 3.66. The molecule has 0 fully saturated rings. The summed E-state index contributed by atoms with van der Waals surface area (Å²) in [5, 5.41) is 0. The summed E-state index contributed by atoms with van der Waals surface area (Å²) in [7, 11) is 0. The summed E-state index contributed by atoms with van der Waals surface area (Å²) in [6.07, 6.45) is 8.56. The van der Waals surface area contributed by atoms with Gasteiger partial charge in [-0.1, -0.05) is 13.2 Å². The molecular formula is C13H18N2O2. The Morgan fingerprint density at radius 3 is 2.65 bits per heavy atom. The van der Waals surface area contributed by atoms with Gasteiger partial charge in [-0.15, -0.1) is 0 Å². The monoisotopic (exact) mass is 234 g/mol. The number of allylic oxidation sites excluding steroid dienone is 6. The van der Waals surface area contributed by atoms with Crippen LogP contribution in [0.3, 0.4) is 0 Å². The zero-order valence-electron chi connectivity index (χ0n) is 9.82. The van der Waals surface area contributed by atoms with E-state index in [-0.39, 0.29) is 6.79 Å². The fourth-order valence-corrected chi connectivity index (χ4v) is 1.18. The molecule has 4 N–H and O–H groups in total. The lowest BCUT2D eigenvalue weighted by Gasteiger charge is -2.14. The molecule has 0 bridgehead atoms. The second-order valence-electron chi connectivity index (χ2n) is 3.66. The highest BCUT2D eigenvalue weighted by Crippen LogP contribution is 2.16. The lowest BCUT2D eigenvalue weighted by molar-refractivity contribution is 0.0156. The first-order chi connectivity index (χ1) is 8.08. The number of ether oxygens (including phenoxy) is 2. The van der Waals surface area contributed by atoms with E-state index in [9.17, 15) is 0 Å². The molecule has 0 saturated heterocycles. The van der Waals surface area contributed by atoms with Crippen molar-refractivity contribution in [3.05, 3.63) is 60.4 Å². The Labute approximate surface area is 102 Å². The average Bonchev–Trinajstić information content (AvgIpc) is 2.29. The van der Waals surface area contributed by atoms with E-state index in [1.54, 1.807) is 12.2 Å². The standard InChI is InChI=1S/C13H18N2O2/c1-10(14)3-4-11(2)16-9-17-13-7-5-12(15)6-8-13/h3-5,7H,1-2,6,8-9,14-15H2/b4-3-. The summed E-state index contributed by atoms with van der Waals surface area (Å²) in [5.41, 5.74) is 12.3. The summed E-state index contributed by atoms with van der Waals surface area (Å²) in [5.74, 6) is 1.34. The van der Waals surface area contributed by atoms with Crippen molar-refractivity contribution in [2.75, 3.05) is 6.79 Å². The van der Waals surface area contributed by atoms with Gasteiger partial charge >= 0.3 is 0 Å². The minimum absolute atomic E-state index is 0.125. The molecular weight excluding hydrogens is 216 g/mol. The third-order valence-corrected chi connectivity index (χ3v) is 2.12. The SMILES string of the molecule is C=C(N)/C=C\C(=C)OCOC1=CC=C(N)CC1. The van der Waals surface area contributed by atoms with Crippen molar-refractivity contribution in [3.8, 4) is 0 Å². The van der Waals surface area contributed by atoms with Crippen LogP contribution in [-0.2, 0) is 9.47 Å². The van der Waals surface area contributed by atoms with Gasteiger partial charge in [0, 0.05) is 17.8 Å². The van der Waals surface area contributed by atoms with Gasteiger partial charge in [-0.2, -0.15) is 0 Å². The third kappa shape index (κ3) is 5.51. The zero-order chi connectivity index (χ0) is 12.7. The molecule has 4 nitrogen and oxygen atoms in total. The quantitative estimate of drug-likeness (QED) is 0.419. The van der Waals surface area contributed by atoms with Crippen LogP contribution < -0.4 is 11.5 Å². The van der Waals surface area contributed by atoms with E-state index in [2.05, 4.69) is 13.2 Å². The Morgan fingerprint density at radius 2 is 2.06 bits per heavy atom. The van der Waals surface area contributed by atoms with Crippen LogP contribution in [-0.4, -0.2) is 6.79 Å². The highest BCUT2D eigenvalue weighted by Gasteiger charge is 2.04. The first-order valence-corrected chi connectivity index (χ1v) is 5.30. The van der Waals surface area contributed by atoms with Gasteiger partial charge in [-0.25, -0.2) is 0 Å². The van der Waals surface area contributed by atoms with Crippen LogP contribution >= 0.6 is 0 Å². The minimum Gasteiger partial charge on any atom is -0.462 e. The van der Waals surface area contributed by atoms with E-state index >= 15 is 0 Å². The molecule has 0 aliphatic heterocycles. The van der Waals surface area contributed by atoms with E-state index in [1.165, 1.54) is 0 Å². The minimum atomic E-state index is 0.125. The molecule has 1 aliphatic rings. The normalized spacial score (nSPS) is 15.1. The van der Waals surface area contributed by atoms with Crippen molar-refractivity contribution in [3.63, 3.8) is 0 Å². The molecule has 0 spiro atoms. The molecule has 0 aromatic carbocycles. The fraction of sp³-hybridized carbons (Fsp3) is 0.231. The maximum absolute atomic E-state index is 5.63. The summed E-state index contributed by atoms with van der Waals surface area (Å²) in [6.45, 7) is 7.33. The van der Waals surface area contributed by atoms with Crippen LogP contribution in [0.2, 0.25) is 0 Å². The van der Waals surface area contributed by atoms with Crippen molar-refractivity contribution in [1.29, 1.82) is 0 Å². The lowest BCUT2D eigenvalue weighted by atomic mass is 10.1. The molecule has 0 aromatic rings. The Hall–Kier alpha value is -2.10. The van der Waals surface area contributed by atoms with E-state index in [0.717, 1.165) is 24.3 Å². The Morgan fingerprint density at radius 1 is 1.29 bits per heavy atom. The predicted octanol–water partition coefficient (Wildman–Crippen LogP) is 2.04. The molecule has 0 unspecified atom stereocenters. The maximum Gasteiger partial charge on any atom is 0.230 e. The van der Waals surface area contributed by atoms with Crippen molar-refractivity contribution < 1.29 is 9.47 Å². The summed E-state index contributed by atoms with van der Waals surface area (Å²) < 4.78 is 10.6.